The van der Waals surface area contributed by atoms with E-state index >= 15 is 0 Å². The third-order valence-electron chi connectivity index (χ3n) is 3.04. The quantitative estimate of drug-likeness (QED) is 0.665. The lowest BCUT2D eigenvalue weighted by Crippen LogP contribution is -2.33. The van der Waals surface area contributed by atoms with Gasteiger partial charge in [-0.2, -0.15) is 0 Å². The zero-order valence-electron chi connectivity index (χ0n) is 10.1. The SMILES string of the molecule is C[C@@H]1CC[C@H](Nc2c(F)cccc2[N+](=O)[O-])CO1. The number of para-hydroxylation sites is 1. The Bertz CT molecular complexity index is 445. The fourth-order valence-electron chi connectivity index (χ4n) is 2.01. The van der Waals surface area contributed by atoms with Gasteiger partial charge >= 0.3 is 0 Å². The average Bonchev–Trinajstić information content (AvgIpc) is 2.34. The van der Waals surface area contributed by atoms with Gasteiger partial charge < -0.3 is 10.1 Å². The van der Waals surface area contributed by atoms with E-state index in [0.29, 0.717) is 6.61 Å². The Kier molecular flexibility index (Phi) is 3.76. The number of halogens is 1. The number of ether oxygens (including phenoxy) is 1. The number of nitro groups is 1. The van der Waals surface area contributed by atoms with E-state index in [9.17, 15) is 14.5 Å². The molecule has 2 atom stereocenters. The molecule has 1 fully saturated rings. The van der Waals surface area contributed by atoms with Gasteiger partial charge in [0.2, 0.25) is 0 Å². The molecule has 0 saturated carbocycles. The van der Waals surface area contributed by atoms with Crippen molar-refractivity contribution in [3.8, 4) is 0 Å². The maximum atomic E-state index is 13.6. The number of hydrogen-bond donors (Lipinski definition) is 1. The molecule has 0 aromatic heterocycles. The van der Waals surface area contributed by atoms with Gasteiger partial charge in [-0.05, 0) is 25.8 Å². The molecule has 1 aromatic rings. The number of hydrogen-bond acceptors (Lipinski definition) is 4. The highest BCUT2D eigenvalue weighted by molar-refractivity contribution is 5.62. The summed E-state index contributed by atoms with van der Waals surface area (Å²) < 4.78 is 19.1. The molecule has 1 aliphatic heterocycles. The largest absolute Gasteiger partial charge is 0.376 e. The molecular weight excluding hydrogens is 239 g/mol. The van der Waals surface area contributed by atoms with Crippen molar-refractivity contribution >= 4 is 11.4 Å². The van der Waals surface area contributed by atoms with Crippen LogP contribution in [0.3, 0.4) is 0 Å². The van der Waals surface area contributed by atoms with Crippen LogP contribution in [0.2, 0.25) is 0 Å². The molecular formula is C12H15FN2O3. The predicted octanol–water partition coefficient (Wildman–Crippen LogP) is 2.71. The summed E-state index contributed by atoms with van der Waals surface area (Å²) in [5.41, 5.74) is -0.292. The van der Waals surface area contributed by atoms with Gasteiger partial charge in [-0.15, -0.1) is 0 Å². The van der Waals surface area contributed by atoms with Gasteiger partial charge in [0.1, 0.15) is 5.69 Å². The van der Waals surface area contributed by atoms with Crippen molar-refractivity contribution in [3.63, 3.8) is 0 Å². The summed E-state index contributed by atoms with van der Waals surface area (Å²) in [6.07, 6.45) is 1.87. The van der Waals surface area contributed by atoms with Crippen LogP contribution in [0.5, 0.6) is 0 Å². The van der Waals surface area contributed by atoms with Crippen LogP contribution in [0.25, 0.3) is 0 Å². The minimum absolute atomic E-state index is 0.0503. The Hall–Kier alpha value is -1.69. The zero-order chi connectivity index (χ0) is 13.1. The second-order valence-corrected chi connectivity index (χ2v) is 4.45. The molecule has 0 unspecified atom stereocenters. The molecule has 18 heavy (non-hydrogen) atoms. The van der Waals surface area contributed by atoms with Crippen LogP contribution >= 0.6 is 0 Å². The standard InChI is InChI=1S/C12H15FN2O3/c1-8-5-6-9(7-18-8)14-12-10(13)3-2-4-11(12)15(16)17/h2-4,8-9,14H,5-7H2,1H3/t8-,9+/m1/s1. The molecule has 1 N–H and O–H groups in total. The number of rotatable bonds is 3. The van der Waals surface area contributed by atoms with Crippen LogP contribution in [-0.4, -0.2) is 23.7 Å². The second-order valence-electron chi connectivity index (χ2n) is 4.45. The number of anilines is 1. The molecule has 0 spiro atoms. The Balaban J connectivity index is 2.15. The highest BCUT2D eigenvalue weighted by atomic mass is 19.1. The zero-order valence-corrected chi connectivity index (χ0v) is 10.1. The van der Waals surface area contributed by atoms with Gasteiger partial charge in [0, 0.05) is 12.1 Å². The van der Waals surface area contributed by atoms with Gasteiger partial charge in [-0.3, -0.25) is 10.1 Å². The number of nitro benzene ring substituents is 1. The smallest absolute Gasteiger partial charge is 0.295 e. The van der Waals surface area contributed by atoms with Crippen LogP contribution in [0, 0.1) is 15.9 Å². The monoisotopic (exact) mass is 254 g/mol. The number of nitrogens with one attached hydrogen (secondary N) is 1. The normalized spacial score (nSPS) is 23.7. The molecule has 5 nitrogen and oxygen atoms in total. The Labute approximate surface area is 104 Å². The molecule has 1 aromatic carbocycles. The molecule has 1 saturated heterocycles. The van der Waals surface area contributed by atoms with Crippen LogP contribution in [-0.2, 0) is 4.74 Å². The van der Waals surface area contributed by atoms with Crippen molar-refractivity contribution in [2.24, 2.45) is 0 Å². The van der Waals surface area contributed by atoms with Crippen molar-refractivity contribution in [1.29, 1.82) is 0 Å². The van der Waals surface area contributed by atoms with Crippen LogP contribution < -0.4 is 5.32 Å². The van der Waals surface area contributed by atoms with E-state index in [0.717, 1.165) is 12.8 Å². The molecule has 6 heteroatoms. The Morgan fingerprint density at radius 3 is 2.89 bits per heavy atom. The summed E-state index contributed by atoms with van der Waals surface area (Å²) in [6, 6.07) is 3.74. The summed E-state index contributed by atoms with van der Waals surface area (Å²) >= 11 is 0. The summed E-state index contributed by atoms with van der Waals surface area (Å²) in [5.74, 6) is -0.608. The van der Waals surface area contributed by atoms with Crippen molar-refractivity contribution in [1.82, 2.24) is 0 Å². The first kappa shape index (κ1) is 12.8. The lowest BCUT2D eigenvalue weighted by Gasteiger charge is -2.28. The van der Waals surface area contributed by atoms with E-state index in [2.05, 4.69) is 5.32 Å². The third kappa shape index (κ3) is 2.76. The van der Waals surface area contributed by atoms with Crippen molar-refractivity contribution in [2.75, 3.05) is 11.9 Å². The Morgan fingerprint density at radius 1 is 1.50 bits per heavy atom. The van der Waals surface area contributed by atoms with Gasteiger partial charge in [0.05, 0.1) is 17.6 Å². The van der Waals surface area contributed by atoms with E-state index in [4.69, 9.17) is 4.74 Å². The predicted molar refractivity (Wildman–Crippen MR) is 65.1 cm³/mol. The minimum Gasteiger partial charge on any atom is -0.376 e. The topological polar surface area (TPSA) is 64.4 Å². The van der Waals surface area contributed by atoms with Gasteiger partial charge in [0.25, 0.3) is 5.69 Å². The number of benzene rings is 1. The van der Waals surface area contributed by atoms with Gasteiger partial charge in [0.15, 0.2) is 5.82 Å². The third-order valence-corrected chi connectivity index (χ3v) is 3.04. The molecule has 0 radical (unpaired) electrons. The lowest BCUT2D eigenvalue weighted by atomic mass is 10.1. The molecule has 1 heterocycles. The fraction of sp³-hybridized carbons (Fsp3) is 0.500. The van der Waals surface area contributed by atoms with E-state index in [-0.39, 0.29) is 23.5 Å². The van der Waals surface area contributed by atoms with Crippen molar-refractivity contribution in [2.45, 2.75) is 31.9 Å². The lowest BCUT2D eigenvalue weighted by molar-refractivity contribution is -0.384. The summed E-state index contributed by atoms with van der Waals surface area (Å²) in [6.45, 7) is 2.41. The first-order chi connectivity index (χ1) is 8.58. The highest BCUT2D eigenvalue weighted by Gasteiger charge is 2.24. The van der Waals surface area contributed by atoms with E-state index in [1.165, 1.54) is 18.2 Å². The van der Waals surface area contributed by atoms with E-state index < -0.39 is 10.7 Å². The first-order valence-electron chi connectivity index (χ1n) is 5.89. The molecule has 0 aliphatic carbocycles. The minimum atomic E-state index is -0.608. The summed E-state index contributed by atoms with van der Waals surface area (Å²) in [4.78, 5) is 10.2. The van der Waals surface area contributed by atoms with Crippen molar-refractivity contribution < 1.29 is 14.1 Å². The first-order valence-corrected chi connectivity index (χ1v) is 5.89. The second kappa shape index (κ2) is 5.30. The Morgan fingerprint density at radius 2 is 2.28 bits per heavy atom. The molecule has 0 amide bonds. The van der Waals surface area contributed by atoms with Crippen LogP contribution in [0.1, 0.15) is 19.8 Å². The molecule has 0 bridgehead atoms. The van der Waals surface area contributed by atoms with E-state index in [1.807, 2.05) is 6.92 Å². The maximum absolute atomic E-state index is 13.6. The van der Waals surface area contributed by atoms with Gasteiger partial charge in [-0.1, -0.05) is 6.07 Å². The highest BCUT2D eigenvalue weighted by Crippen LogP contribution is 2.29. The summed E-state index contributed by atoms with van der Waals surface area (Å²) in [7, 11) is 0. The van der Waals surface area contributed by atoms with Gasteiger partial charge in [-0.25, -0.2) is 4.39 Å². The average molecular weight is 254 g/mol. The number of nitrogens with zero attached hydrogens (tertiary/aromatic N) is 1. The molecule has 2 rings (SSSR count). The van der Waals surface area contributed by atoms with Crippen LogP contribution in [0.4, 0.5) is 15.8 Å². The fourth-order valence-corrected chi connectivity index (χ4v) is 2.01. The summed E-state index contributed by atoms with van der Waals surface area (Å²) in [5, 5.41) is 13.7. The van der Waals surface area contributed by atoms with Crippen molar-refractivity contribution in [3.05, 3.63) is 34.1 Å². The molecule has 98 valence electrons. The van der Waals surface area contributed by atoms with E-state index in [1.54, 1.807) is 0 Å². The maximum Gasteiger partial charge on any atom is 0.295 e. The van der Waals surface area contributed by atoms with Crippen LogP contribution in [0.15, 0.2) is 18.2 Å². The molecule has 1 aliphatic rings.